The van der Waals surface area contributed by atoms with Crippen molar-refractivity contribution in [3.63, 3.8) is 0 Å². The number of benzene rings is 1. The van der Waals surface area contributed by atoms with Gasteiger partial charge in [-0.1, -0.05) is 61.4 Å². The van der Waals surface area contributed by atoms with Crippen LogP contribution in [0.3, 0.4) is 0 Å². The molecule has 4 rings (SSSR count). The first-order chi connectivity index (χ1) is 14.7. The molecule has 0 radical (unpaired) electrons. The SMILES string of the molecule is Cn1c(CCNC(=O)C2(c3ccccc3)CCCCC2)nnc1SC[C@@H]1CCCO1. The smallest absolute Gasteiger partial charge is 0.230 e. The van der Waals surface area contributed by atoms with Crippen LogP contribution in [0.2, 0.25) is 0 Å². The van der Waals surface area contributed by atoms with Crippen LogP contribution in [0.25, 0.3) is 0 Å². The van der Waals surface area contributed by atoms with Crippen LogP contribution in [-0.4, -0.2) is 45.7 Å². The molecule has 1 atom stereocenters. The van der Waals surface area contributed by atoms with Crippen LogP contribution in [0.5, 0.6) is 0 Å². The monoisotopic (exact) mass is 428 g/mol. The van der Waals surface area contributed by atoms with Gasteiger partial charge >= 0.3 is 0 Å². The van der Waals surface area contributed by atoms with Crippen molar-refractivity contribution in [2.75, 3.05) is 18.9 Å². The Morgan fingerprint density at radius 3 is 2.73 bits per heavy atom. The summed E-state index contributed by atoms with van der Waals surface area (Å²) in [7, 11) is 2.00. The van der Waals surface area contributed by atoms with Crippen molar-refractivity contribution in [2.45, 2.75) is 68.0 Å². The third-order valence-corrected chi connectivity index (χ3v) is 7.60. The Labute approximate surface area is 183 Å². The topological polar surface area (TPSA) is 69.0 Å². The third-order valence-electron chi connectivity index (χ3n) is 6.45. The standard InChI is InChI=1S/C23H32N4O2S/c1-27-20(25-26-22(27)30-17-19-11-8-16-29-19)12-15-24-21(28)23(13-6-3-7-14-23)18-9-4-2-5-10-18/h2,4-5,9-10,19H,3,6-8,11-17H2,1H3,(H,24,28)/t19-/m0/s1. The number of rotatable bonds is 8. The van der Waals surface area contributed by atoms with E-state index in [-0.39, 0.29) is 11.3 Å². The van der Waals surface area contributed by atoms with E-state index in [2.05, 4.69) is 27.6 Å². The van der Waals surface area contributed by atoms with Gasteiger partial charge in [0, 0.05) is 32.4 Å². The van der Waals surface area contributed by atoms with Crippen molar-refractivity contribution in [2.24, 2.45) is 7.05 Å². The highest BCUT2D eigenvalue weighted by atomic mass is 32.2. The van der Waals surface area contributed by atoms with Crippen molar-refractivity contribution >= 4 is 17.7 Å². The quantitative estimate of drug-likeness (QED) is 0.650. The second-order valence-corrected chi connectivity index (χ2v) is 9.41. The molecule has 0 bridgehead atoms. The predicted molar refractivity (Wildman–Crippen MR) is 119 cm³/mol. The Balaban J connectivity index is 1.33. The maximum Gasteiger partial charge on any atom is 0.230 e. The van der Waals surface area contributed by atoms with Gasteiger partial charge in [-0.3, -0.25) is 4.79 Å². The first kappa shape index (κ1) is 21.4. The molecule has 0 spiro atoms. The second-order valence-electron chi connectivity index (χ2n) is 8.42. The zero-order valence-corrected chi connectivity index (χ0v) is 18.6. The number of carbonyl (C=O) groups excluding carboxylic acids is 1. The fourth-order valence-corrected chi connectivity index (χ4v) is 5.64. The summed E-state index contributed by atoms with van der Waals surface area (Å²) in [6.45, 7) is 1.45. The van der Waals surface area contributed by atoms with E-state index in [0.29, 0.717) is 19.1 Å². The van der Waals surface area contributed by atoms with Crippen LogP contribution in [-0.2, 0) is 28.4 Å². The number of nitrogens with zero attached hydrogens (tertiary/aromatic N) is 3. The second kappa shape index (κ2) is 9.96. The van der Waals surface area contributed by atoms with Gasteiger partial charge in [0.05, 0.1) is 11.5 Å². The van der Waals surface area contributed by atoms with Crippen LogP contribution in [0.1, 0.15) is 56.3 Å². The molecule has 7 heteroatoms. The average molecular weight is 429 g/mol. The van der Waals surface area contributed by atoms with Gasteiger partial charge in [0.2, 0.25) is 5.91 Å². The molecular weight excluding hydrogens is 396 g/mol. The summed E-state index contributed by atoms with van der Waals surface area (Å²) in [6, 6.07) is 10.3. The maximum atomic E-state index is 13.3. The predicted octanol–water partition coefficient (Wildman–Crippen LogP) is 3.65. The zero-order valence-electron chi connectivity index (χ0n) is 17.8. The summed E-state index contributed by atoms with van der Waals surface area (Å²) >= 11 is 1.70. The van der Waals surface area contributed by atoms with Crippen molar-refractivity contribution < 1.29 is 9.53 Å². The fourth-order valence-electron chi connectivity index (χ4n) is 4.65. The molecule has 2 aliphatic rings. The maximum absolute atomic E-state index is 13.3. The lowest BCUT2D eigenvalue weighted by molar-refractivity contribution is -0.128. The molecule has 1 saturated heterocycles. The van der Waals surface area contributed by atoms with Crippen molar-refractivity contribution in [1.29, 1.82) is 0 Å². The van der Waals surface area contributed by atoms with Gasteiger partial charge in [-0.05, 0) is 31.2 Å². The summed E-state index contributed by atoms with van der Waals surface area (Å²) in [6.07, 6.45) is 8.58. The highest BCUT2D eigenvalue weighted by Crippen LogP contribution is 2.39. The number of ether oxygens (including phenoxy) is 1. The molecule has 162 valence electrons. The molecule has 2 aromatic rings. The Morgan fingerprint density at radius 2 is 2.00 bits per heavy atom. The van der Waals surface area contributed by atoms with Crippen LogP contribution >= 0.6 is 11.8 Å². The molecule has 1 aromatic heterocycles. The van der Waals surface area contributed by atoms with E-state index >= 15 is 0 Å². The van der Waals surface area contributed by atoms with Gasteiger partial charge in [0.1, 0.15) is 5.82 Å². The normalized spacial score (nSPS) is 20.9. The van der Waals surface area contributed by atoms with Gasteiger partial charge in [0.25, 0.3) is 0 Å². The molecule has 1 aromatic carbocycles. The number of hydrogen-bond acceptors (Lipinski definition) is 5. The Morgan fingerprint density at radius 1 is 1.20 bits per heavy atom. The first-order valence-corrected chi connectivity index (χ1v) is 12.1. The number of amides is 1. The number of hydrogen-bond donors (Lipinski definition) is 1. The lowest BCUT2D eigenvalue weighted by Gasteiger charge is -2.36. The van der Waals surface area contributed by atoms with Crippen LogP contribution in [0.15, 0.2) is 35.5 Å². The molecule has 2 heterocycles. The number of carbonyl (C=O) groups is 1. The number of nitrogens with one attached hydrogen (secondary N) is 1. The Hall–Kier alpha value is -1.86. The van der Waals surface area contributed by atoms with E-state index in [1.54, 1.807) is 11.8 Å². The van der Waals surface area contributed by atoms with Crippen molar-refractivity contribution in [3.05, 3.63) is 41.7 Å². The average Bonchev–Trinajstić information content (AvgIpc) is 3.43. The van der Waals surface area contributed by atoms with Crippen molar-refractivity contribution in [3.8, 4) is 0 Å². The van der Waals surface area contributed by atoms with E-state index in [1.165, 1.54) is 6.42 Å². The molecule has 2 fully saturated rings. The molecule has 1 amide bonds. The Bertz CT molecular complexity index is 827. The lowest BCUT2D eigenvalue weighted by atomic mass is 9.68. The minimum atomic E-state index is -0.387. The first-order valence-electron chi connectivity index (χ1n) is 11.2. The minimum Gasteiger partial charge on any atom is -0.377 e. The fraction of sp³-hybridized carbons (Fsp3) is 0.609. The lowest BCUT2D eigenvalue weighted by Crippen LogP contribution is -2.46. The summed E-state index contributed by atoms with van der Waals surface area (Å²) in [5.74, 6) is 1.98. The van der Waals surface area contributed by atoms with Gasteiger partial charge in [-0.2, -0.15) is 0 Å². The van der Waals surface area contributed by atoms with Crippen molar-refractivity contribution in [1.82, 2.24) is 20.1 Å². The molecule has 1 aliphatic heterocycles. The van der Waals surface area contributed by atoms with Gasteiger partial charge in [-0.15, -0.1) is 10.2 Å². The van der Waals surface area contributed by atoms with E-state index in [4.69, 9.17) is 4.74 Å². The molecule has 1 saturated carbocycles. The van der Waals surface area contributed by atoms with E-state index in [9.17, 15) is 4.79 Å². The summed E-state index contributed by atoms with van der Waals surface area (Å²) in [4.78, 5) is 13.3. The molecule has 6 nitrogen and oxygen atoms in total. The van der Waals surface area contributed by atoms with Crippen LogP contribution < -0.4 is 5.32 Å². The number of aromatic nitrogens is 3. The van der Waals surface area contributed by atoms with Gasteiger partial charge in [0.15, 0.2) is 5.16 Å². The van der Waals surface area contributed by atoms with E-state index in [1.807, 2.05) is 29.8 Å². The molecular formula is C23H32N4O2S. The summed E-state index contributed by atoms with van der Waals surface area (Å²) in [5, 5.41) is 12.8. The van der Waals surface area contributed by atoms with E-state index in [0.717, 1.165) is 67.4 Å². The summed E-state index contributed by atoms with van der Waals surface area (Å²) in [5.41, 5.74) is 0.760. The van der Waals surface area contributed by atoms with Gasteiger partial charge < -0.3 is 14.6 Å². The van der Waals surface area contributed by atoms with E-state index < -0.39 is 0 Å². The molecule has 1 N–H and O–H groups in total. The Kier molecular flexibility index (Phi) is 7.10. The number of thioether (sulfide) groups is 1. The molecule has 1 aliphatic carbocycles. The molecule has 0 unspecified atom stereocenters. The minimum absolute atomic E-state index is 0.156. The van der Waals surface area contributed by atoms with Gasteiger partial charge in [-0.25, -0.2) is 0 Å². The third kappa shape index (κ3) is 4.72. The highest BCUT2D eigenvalue weighted by molar-refractivity contribution is 7.99. The largest absolute Gasteiger partial charge is 0.377 e. The highest BCUT2D eigenvalue weighted by Gasteiger charge is 2.40. The zero-order chi connectivity index (χ0) is 20.8. The summed E-state index contributed by atoms with van der Waals surface area (Å²) < 4.78 is 7.73. The molecule has 30 heavy (non-hydrogen) atoms. The van der Waals surface area contributed by atoms with Crippen LogP contribution in [0, 0.1) is 0 Å². The van der Waals surface area contributed by atoms with Crippen LogP contribution in [0.4, 0.5) is 0 Å².